The summed E-state index contributed by atoms with van der Waals surface area (Å²) < 4.78 is 0. The van der Waals surface area contributed by atoms with E-state index in [1.165, 1.54) is 9.75 Å². The third-order valence-electron chi connectivity index (χ3n) is 1.71. The Morgan fingerprint density at radius 2 is 2.15 bits per heavy atom. The summed E-state index contributed by atoms with van der Waals surface area (Å²) in [7, 11) is 0. The molecule has 0 radical (unpaired) electrons. The summed E-state index contributed by atoms with van der Waals surface area (Å²) in [6.07, 6.45) is 1.73. The van der Waals surface area contributed by atoms with E-state index < -0.39 is 0 Å². The van der Waals surface area contributed by atoms with Crippen LogP contribution in [0.5, 0.6) is 0 Å². The van der Waals surface area contributed by atoms with Crippen LogP contribution in [0.25, 0.3) is 10.6 Å². The first-order valence-electron chi connectivity index (χ1n) is 3.94. The summed E-state index contributed by atoms with van der Waals surface area (Å²) in [4.78, 5) is 6.70. The molecule has 0 saturated heterocycles. The Morgan fingerprint density at radius 3 is 2.77 bits per heavy atom. The van der Waals surface area contributed by atoms with Crippen LogP contribution in [-0.4, -0.2) is 4.98 Å². The highest BCUT2D eigenvalue weighted by molar-refractivity contribution is 7.15. The zero-order valence-corrected chi connectivity index (χ0v) is 8.69. The third-order valence-corrected chi connectivity index (χ3v) is 2.97. The average Bonchev–Trinajstić information content (AvgIpc) is 2.52. The lowest BCUT2D eigenvalue weighted by Crippen LogP contribution is -1.77. The van der Waals surface area contributed by atoms with Crippen molar-refractivity contribution in [1.82, 2.24) is 4.98 Å². The Morgan fingerprint density at radius 1 is 1.31 bits per heavy atom. The van der Waals surface area contributed by atoms with Crippen LogP contribution in [0.1, 0.15) is 4.88 Å². The molecule has 0 fully saturated rings. The Balaban J connectivity index is 2.46. The Hall–Kier alpha value is -0.860. The van der Waals surface area contributed by atoms with Gasteiger partial charge in [-0.15, -0.1) is 11.3 Å². The lowest BCUT2D eigenvalue weighted by Gasteiger charge is -1.95. The van der Waals surface area contributed by atoms with E-state index in [-0.39, 0.29) is 0 Å². The highest BCUT2D eigenvalue weighted by Crippen LogP contribution is 2.27. The van der Waals surface area contributed by atoms with E-state index in [0.29, 0.717) is 0 Å². The van der Waals surface area contributed by atoms with E-state index in [9.17, 15) is 0 Å². The molecule has 13 heavy (non-hydrogen) atoms. The third kappa shape index (κ3) is 1.90. The van der Waals surface area contributed by atoms with Crippen LogP contribution < -0.4 is 0 Å². The van der Waals surface area contributed by atoms with Gasteiger partial charge >= 0.3 is 0 Å². The molecule has 0 spiro atoms. The van der Waals surface area contributed by atoms with Gasteiger partial charge in [-0.2, -0.15) is 0 Å². The number of aryl methyl sites for hydroxylation is 1. The maximum atomic E-state index is 5.87. The summed E-state index contributed by atoms with van der Waals surface area (Å²) in [5.74, 6) is 0. The molecule has 2 rings (SSSR count). The fraction of sp³-hybridized carbons (Fsp3) is 0.100. The fourth-order valence-electron chi connectivity index (χ4n) is 1.11. The summed E-state index contributed by atoms with van der Waals surface area (Å²) in [6, 6.07) is 7.82. The minimum atomic E-state index is 0.732. The van der Waals surface area contributed by atoms with Crippen molar-refractivity contribution >= 4 is 22.9 Å². The van der Waals surface area contributed by atoms with Gasteiger partial charge in [-0.3, -0.25) is 4.98 Å². The fourth-order valence-corrected chi connectivity index (χ4v) is 2.11. The number of halogens is 1. The van der Waals surface area contributed by atoms with Gasteiger partial charge in [0.2, 0.25) is 0 Å². The molecule has 2 aromatic rings. The van der Waals surface area contributed by atoms with Gasteiger partial charge in [0.1, 0.15) is 0 Å². The maximum absolute atomic E-state index is 5.87. The van der Waals surface area contributed by atoms with Crippen molar-refractivity contribution in [2.24, 2.45) is 0 Å². The second kappa shape index (κ2) is 3.48. The first kappa shape index (κ1) is 8.73. The molecule has 0 amide bonds. The Labute approximate surface area is 86.0 Å². The van der Waals surface area contributed by atoms with E-state index in [4.69, 9.17) is 11.6 Å². The van der Waals surface area contributed by atoms with Gasteiger partial charge in [-0.25, -0.2) is 0 Å². The molecule has 0 N–H and O–H groups in total. The zero-order valence-electron chi connectivity index (χ0n) is 7.12. The summed E-state index contributed by atoms with van der Waals surface area (Å²) in [6.45, 7) is 2.08. The van der Waals surface area contributed by atoms with Crippen LogP contribution in [0.15, 0.2) is 30.5 Å². The predicted octanol–water partition coefficient (Wildman–Crippen LogP) is 3.77. The standard InChI is InChI=1S/C10H8ClNS/c1-7-2-3-10(13-7)9-6-8(11)4-5-12-9/h2-6H,1H3. The molecule has 1 nitrogen and oxygen atoms in total. The van der Waals surface area contributed by atoms with Gasteiger partial charge in [-0.1, -0.05) is 11.6 Å². The van der Waals surface area contributed by atoms with E-state index in [2.05, 4.69) is 24.0 Å². The zero-order chi connectivity index (χ0) is 9.26. The molecule has 66 valence electrons. The van der Waals surface area contributed by atoms with E-state index in [1.54, 1.807) is 23.6 Å². The Bertz CT molecular complexity index is 422. The number of hydrogen-bond donors (Lipinski definition) is 0. The minimum Gasteiger partial charge on any atom is -0.255 e. The van der Waals surface area contributed by atoms with Crippen LogP contribution in [0.4, 0.5) is 0 Å². The monoisotopic (exact) mass is 209 g/mol. The molecule has 2 aromatic heterocycles. The topological polar surface area (TPSA) is 12.9 Å². The SMILES string of the molecule is Cc1ccc(-c2cc(Cl)ccn2)s1. The molecule has 0 bridgehead atoms. The highest BCUT2D eigenvalue weighted by Gasteiger charge is 2.01. The van der Waals surface area contributed by atoms with Gasteiger partial charge in [0.15, 0.2) is 0 Å². The van der Waals surface area contributed by atoms with Gasteiger partial charge in [-0.05, 0) is 31.2 Å². The van der Waals surface area contributed by atoms with Crippen LogP contribution in [-0.2, 0) is 0 Å². The molecule has 0 atom stereocenters. The second-order valence-corrected chi connectivity index (χ2v) is 4.49. The van der Waals surface area contributed by atoms with Crippen molar-refractivity contribution in [3.8, 4) is 10.6 Å². The van der Waals surface area contributed by atoms with Crippen molar-refractivity contribution in [2.75, 3.05) is 0 Å². The second-order valence-electron chi connectivity index (χ2n) is 2.77. The van der Waals surface area contributed by atoms with Crippen LogP contribution >= 0.6 is 22.9 Å². The molecule has 0 unspecified atom stereocenters. The summed E-state index contributed by atoms with van der Waals surface area (Å²) in [5.41, 5.74) is 0.950. The highest BCUT2D eigenvalue weighted by atomic mass is 35.5. The summed E-state index contributed by atoms with van der Waals surface area (Å²) >= 11 is 7.59. The number of nitrogens with zero attached hydrogens (tertiary/aromatic N) is 1. The molecule has 0 saturated carbocycles. The number of pyridine rings is 1. The smallest absolute Gasteiger partial charge is 0.0816 e. The molecule has 0 aliphatic rings. The molecule has 2 heterocycles. The largest absolute Gasteiger partial charge is 0.255 e. The quantitative estimate of drug-likeness (QED) is 0.697. The lowest BCUT2D eigenvalue weighted by molar-refractivity contribution is 1.34. The molecular formula is C10H8ClNS. The normalized spacial score (nSPS) is 10.3. The molecule has 0 aromatic carbocycles. The predicted molar refractivity (Wildman–Crippen MR) is 57.3 cm³/mol. The average molecular weight is 210 g/mol. The van der Waals surface area contributed by atoms with Crippen LogP contribution in [0.2, 0.25) is 5.02 Å². The number of thiophene rings is 1. The maximum Gasteiger partial charge on any atom is 0.0816 e. The summed E-state index contributed by atoms with van der Waals surface area (Å²) in [5, 5.41) is 0.732. The minimum absolute atomic E-state index is 0.732. The van der Waals surface area contributed by atoms with Crippen LogP contribution in [0, 0.1) is 6.92 Å². The number of rotatable bonds is 1. The van der Waals surface area contributed by atoms with Crippen molar-refractivity contribution in [3.63, 3.8) is 0 Å². The molecule has 3 heteroatoms. The molecule has 0 aliphatic heterocycles. The first-order valence-corrected chi connectivity index (χ1v) is 5.13. The van der Waals surface area contributed by atoms with E-state index >= 15 is 0 Å². The van der Waals surface area contributed by atoms with E-state index in [1.807, 2.05) is 6.07 Å². The number of hydrogen-bond acceptors (Lipinski definition) is 2. The molecular weight excluding hydrogens is 202 g/mol. The lowest BCUT2D eigenvalue weighted by atomic mass is 10.3. The van der Waals surface area contributed by atoms with Crippen molar-refractivity contribution in [3.05, 3.63) is 40.4 Å². The molecule has 0 aliphatic carbocycles. The van der Waals surface area contributed by atoms with Crippen LogP contribution in [0.3, 0.4) is 0 Å². The van der Waals surface area contributed by atoms with Crippen molar-refractivity contribution < 1.29 is 0 Å². The van der Waals surface area contributed by atoms with Gasteiger partial charge in [0, 0.05) is 16.1 Å². The number of aromatic nitrogens is 1. The first-order chi connectivity index (χ1) is 6.25. The van der Waals surface area contributed by atoms with Crippen molar-refractivity contribution in [2.45, 2.75) is 6.92 Å². The van der Waals surface area contributed by atoms with Gasteiger partial charge < -0.3 is 0 Å². The van der Waals surface area contributed by atoms with Crippen molar-refractivity contribution in [1.29, 1.82) is 0 Å². The van der Waals surface area contributed by atoms with E-state index in [0.717, 1.165) is 10.7 Å². The van der Waals surface area contributed by atoms with Gasteiger partial charge in [0.25, 0.3) is 0 Å². The Kier molecular flexibility index (Phi) is 2.34. The van der Waals surface area contributed by atoms with Gasteiger partial charge in [0.05, 0.1) is 10.6 Å².